The SMILES string of the molecule is COc1ccc(-c2nc3c(N)cccc3n2Cc2c(F)cccc2F)c(F)c1. The standard InChI is InChI=1S/C21H16F3N3O/c1-28-12-8-9-13(17(24)10-12)21-26-20-18(25)6-3-7-19(20)27(21)11-14-15(22)4-2-5-16(14)23/h2-10H,11,25H2,1H3. The van der Waals surface area contributed by atoms with Crippen molar-refractivity contribution < 1.29 is 17.9 Å². The molecule has 0 aliphatic carbocycles. The number of aromatic nitrogens is 2. The van der Waals surface area contributed by atoms with Gasteiger partial charge in [0.25, 0.3) is 0 Å². The summed E-state index contributed by atoms with van der Waals surface area (Å²) in [6.45, 7) is -0.167. The fourth-order valence-electron chi connectivity index (χ4n) is 3.18. The molecule has 0 aliphatic heterocycles. The van der Waals surface area contributed by atoms with Gasteiger partial charge in [0, 0.05) is 11.6 Å². The van der Waals surface area contributed by atoms with Crippen LogP contribution < -0.4 is 10.5 Å². The molecular weight excluding hydrogens is 367 g/mol. The maximum Gasteiger partial charge on any atom is 0.144 e. The van der Waals surface area contributed by atoms with Gasteiger partial charge < -0.3 is 15.0 Å². The lowest BCUT2D eigenvalue weighted by molar-refractivity contribution is 0.411. The van der Waals surface area contributed by atoms with E-state index in [-0.39, 0.29) is 23.5 Å². The van der Waals surface area contributed by atoms with Crippen molar-refractivity contribution in [1.82, 2.24) is 9.55 Å². The van der Waals surface area contributed by atoms with E-state index in [0.717, 1.165) is 0 Å². The Morgan fingerprint density at radius 3 is 2.36 bits per heavy atom. The van der Waals surface area contributed by atoms with Crippen LogP contribution in [-0.2, 0) is 6.54 Å². The third-order valence-electron chi connectivity index (χ3n) is 4.61. The molecule has 2 N–H and O–H groups in total. The lowest BCUT2D eigenvalue weighted by Crippen LogP contribution is -2.07. The zero-order valence-electron chi connectivity index (χ0n) is 14.9. The maximum atomic E-state index is 14.7. The Morgan fingerprint density at radius 2 is 1.68 bits per heavy atom. The summed E-state index contributed by atoms with van der Waals surface area (Å²) in [5.74, 6) is -1.37. The highest BCUT2D eigenvalue weighted by molar-refractivity contribution is 5.90. The van der Waals surface area contributed by atoms with E-state index in [4.69, 9.17) is 10.5 Å². The molecule has 0 amide bonds. The van der Waals surface area contributed by atoms with Crippen molar-refractivity contribution >= 4 is 16.7 Å². The van der Waals surface area contributed by atoms with E-state index < -0.39 is 17.5 Å². The first-order chi connectivity index (χ1) is 13.5. The molecule has 0 unspecified atom stereocenters. The highest BCUT2D eigenvalue weighted by atomic mass is 19.1. The van der Waals surface area contributed by atoms with Crippen molar-refractivity contribution in [1.29, 1.82) is 0 Å². The third-order valence-corrected chi connectivity index (χ3v) is 4.61. The number of anilines is 1. The monoisotopic (exact) mass is 383 g/mol. The topological polar surface area (TPSA) is 53.1 Å². The van der Waals surface area contributed by atoms with Crippen molar-refractivity contribution in [3.8, 4) is 17.1 Å². The number of para-hydroxylation sites is 1. The van der Waals surface area contributed by atoms with E-state index in [0.29, 0.717) is 22.5 Å². The highest BCUT2D eigenvalue weighted by Gasteiger charge is 2.20. The number of hydrogen-bond acceptors (Lipinski definition) is 3. The number of methoxy groups -OCH3 is 1. The van der Waals surface area contributed by atoms with Gasteiger partial charge in [-0.05, 0) is 36.4 Å². The molecule has 0 bridgehead atoms. The minimum atomic E-state index is -0.688. The van der Waals surface area contributed by atoms with Crippen LogP contribution in [0.3, 0.4) is 0 Å². The summed E-state index contributed by atoms with van der Waals surface area (Å²) in [4.78, 5) is 4.47. The predicted octanol–water partition coefficient (Wildman–Crippen LogP) is 4.76. The molecule has 4 rings (SSSR count). The molecule has 0 fully saturated rings. The molecule has 0 saturated heterocycles. The van der Waals surface area contributed by atoms with Crippen LogP contribution in [-0.4, -0.2) is 16.7 Å². The summed E-state index contributed by atoms with van der Waals surface area (Å²) in [6.07, 6.45) is 0. The van der Waals surface area contributed by atoms with Crippen LogP contribution in [0.1, 0.15) is 5.56 Å². The highest BCUT2D eigenvalue weighted by Crippen LogP contribution is 2.32. The van der Waals surface area contributed by atoms with Gasteiger partial charge in [0.1, 0.15) is 34.5 Å². The summed E-state index contributed by atoms with van der Waals surface area (Å²) in [6, 6.07) is 13.1. The number of nitrogens with zero attached hydrogens (tertiary/aromatic N) is 2. The Kier molecular flexibility index (Phi) is 4.43. The van der Waals surface area contributed by atoms with Crippen LogP contribution in [0.15, 0.2) is 54.6 Å². The van der Waals surface area contributed by atoms with E-state index >= 15 is 0 Å². The van der Waals surface area contributed by atoms with Crippen molar-refractivity contribution in [3.63, 3.8) is 0 Å². The molecule has 0 atom stereocenters. The minimum absolute atomic E-state index is 0.139. The Labute approximate surface area is 159 Å². The average molecular weight is 383 g/mol. The molecule has 1 heterocycles. The number of ether oxygens (including phenoxy) is 1. The van der Waals surface area contributed by atoms with Crippen molar-refractivity contribution in [2.75, 3.05) is 12.8 Å². The first-order valence-corrected chi connectivity index (χ1v) is 8.51. The molecule has 28 heavy (non-hydrogen) atoms. The van der Waals surface area contributed by atoms with Crippen LogP contribution >= 0.6 is 0 Å². The molecule has 0 aliphatic rings. The quantitative estimate of drug-likeness (QED) is 0.517. The molecule has 0 radical (unpaired) electrons. The Hall–Kier alpha value is -3.48. The van der Waals surface area contributed by atoms with Gasteiger partial charge in [-0.1, -0.05) is 12.1 Å². The molecule has 0 spiro atoms. The fraction of sp³-hybridized carbons (Fsp3) is 0.0952. The van der Waals surface area contributed by atoms with Gasteiger partial charge in [0.15, 0.2) is 0 Å². The van der Waals surface area contributed by atoms with Gasteiger partial charge in [0.2, 0.25) is 0 Å². The lowest BCUT2D eigenvalue weighted by atomic mass is 10.1. The van der Waals surface area contributed by atoms with Crippen LogP contribution in [0.2, 0.25) is 0 Å². The summed E-state index contributed by atoms with van der Waals surface area (Å²) in [5, 5.41) is 0. The lowest BCUT2D eigenvalue weighted by Gasteiger charge is -2.12. The zero-order chi connectivity index (χ0) is 19.8. The van der Waals surface area contributed by atoms with Crippen molar-refractivity contribution in [2.24, 2.45) is 0 Å². The number of benzene rings is 3. The number of fused-ring (bicyclic) bond motifs is 1. The van der Waals surface area contributed by atoms with Gasteiger partial charge in [-0.3, -0.25) is 0 Å². The van der Waals surface area contributed by atoms with Gasteiger partial charge in [0.05, 0.1) is 30.4 Å². The second-order valence-electron chi connectivity index (χ2n) is 6.28. The van der Waals surface area contributed by atoms with Gasteiger partial charge in [-0.2, -0.15) is 0 Å². The Morgan fingerprint density at radius 1 is 0.964 bits per heavy atom. The summed E-state index contributed by atoms with van der Waals surface area (Å²) < 4.78 is 49.8. The van der Waals surface area contributed by atoms with Gasteiger partial charge in [-0.25, -0.2) is 18.2 Å². The van der Waals surface area contributed by atoms with Crippen LogP contribution in [0.5, 0.6) is 5.75 Å². The van der Waals surface area contributed by atoms with Crippen LogP contribution in [0.25, 0.3) is 22.4 Å². The van der Waals surface area contributed by atoms with E-state index in [1.54, 1.807) is 28.8 Å². The smallest absolute Gasteiger partial charge is 0.144 e. The second-order valence-corrected chi connectivity index (χ2v) is 6.28. The summed E-state index contributed by atoms with van der Waals surface area (Å²) in [7, 11) is 1.44. The zero-order valence-corrected chi connectivity index (χ0v) is 14.9. The number of imidazole rings is 1. The van der Waals surface area contributed by atoms with Crippen molar-refractivity contribution in [3.05, 3.63) is 77.6 Å². The number of nitrogen functional groups attached to an aromatic ring is 1. The maximum absolute atomic E-state index is 14.7. The van der Waals surface area contributed by atoms with Crippen LogP contribution in [0, 0.1) is 17.5 Å². The molecule has 0 saturated carbocycles. The van der Waals surface area contributed by atoms with E-state index in [1.165, 1.54) is 37.4 Å². The molecular formula is C21H16F3N3O. The number of hydrogen-bond donors (Lipinski definition) is 1. The number of nitrogens with two attached hydrogens (primary N) is 1. The average Bonchev–Trinajstić information content (AvgIpc) is 3.04. The van der Waals surface area contributed by atoms with Gasteiger partial charge in [-0.15, -0.1) is 0 Å². The Bertz CT molecular complexity index is 1170. The first kappa shape index (κ1) is 17.9. The molecule has 142 valence electrons. The normalized spacial score (nSPS) is 11.1. The van der Waals surface area contributed by atoms with Gasteiger partial charge >= 0.3 is 0 Å². The molecule has 3 aromatic carbocycles. The fourth-order valence-corrected chi connectivity index (χ4v) is 3.18. The largest absolute Gasteiger partial charge is 0.497 e. The molecule has 4 nitrogen and oxygen atoms in total. The minimum Gasteiger partial charge on any atom is -0.497 e. The summed E-state index contributed by atoms with van der Waals surface area (Å²) in [5.41, 5.74) is 7.42. The number of rotatable bonds is 4. The molecule has 1 aromatic heterocycles. The summed E-state index contributed by atoms with van der Waals surface area (Å²) >= 11 is 0. The Balaban J connectivity index is 1.97. The predicted molar refractivity (Wildman–Crippen MR) is 102 cm³/mol. The van der Waals surface area contributed by atoms with E-state index in [9.17, 15) is 13.2 Å². The van der Waals surface area contributed by atoms with Crippen molar-refractivity contribution in [2.45, 2.75) is 6.54 Å². The molecule has 7 heteroatoms. The number of halogens is 3. The van der Waals surface area contributed by atoms with Crippen LogP contribution in [0.4, 0.5) is 18.9 Å². The second kappa shape index (κ2) is 6.92. The third kappa shape index (κ3) is 2.94. The molecule has 4 aromatic rings. The first-order valence-electron chi connectivity index (χ1n) is 8.51. The van der Waals surface area contributed by atoms with E-state index in [1.807, 2.05) is 0 Å². The van der Waals surface area contributed by atoms with E-state index in [2.05, 4.69) is 4.98 Å².